The summed E-state index contributed by atoms with van der Waals surface area (Å²) >= 11 is 0. The topological polar surface area (TPSA) is 32.3 Å². The fraction of sp³-hybridized carbons (Fsp3) is 1.00. The smallest absolute Gasteiger partial charge is 0.251 e. The quantitative estimate of drug-likeness (QED) is 0.597. The molecule has 4 heteroatoms. The Hall–Kier alpha value is -0.220. The zero-order valence-electron chi connectivity index (χ0n) is 5.82. The first-order valence-corrected chi connectivity index (χ1v) is 3.21. The molecule has 1 fully saturated rings. The molecule has 0 saturated heterocycles. The molecule has 10 heavy (non-hydrogen) atoms. The number of aliphatic hydroxyl groups excluding tert-OH is 1. The van der Waals surface area contributed by atoms with Crippen LogP contribution in [0.4, 0.5) is 8.78 Å². The molecule has 60 valence electrons. The molecule has 0 spiro atoms. The Morgan fingerprint density at radius 3 is 2.10 bits per heavy atom. The predicted octanol–water partition coefficient (Wildman–Crippen LogP) is 0.366. The first-order valence-electron chi connectivity index (χ1n) is 3.21. The third-order valence-electron chi connectivity index (χ3n) is 2.03. The number of aliphatic hydroxyl groups is 1. The number of likely N-dealkylation sites (N-methyl/N-ethyl adjacent to an activating group) is 1. The second-order valence-corrected chi connectivity index (χ2v) is 2.90. The number of nitrogens with one attached hydrogen (secondary N) is 1. The van der Waals surface area contributed by atoms with Crippen LogP contribution >= 0.6 is 0 Å². The Kier molecular flexibility index (Phi) is 1.68. The molecule has 2 N–H and O–H groups in total. The van der Waals surface area contributed by atoms with Gasteiger partial charge in [0.1, 0.15) is 0 Å². The van der Waals surface area contributed by atoms with Gasteiger partial charge in [0, 0.05) is 12.8 Å². The van der Waals surface area contributed by atoms with Crippen molar-refractivity contribution in [2.24, 2.45) is 0 Å². The highest BCUT2D eigenvalue weighted by Gasteiger charge is 2.55. The summed E-state index contributed by atoms with van der Waals surface area (Å²) < 4.78 is 24.5. The van der Waals surface area contributed by atoms with E-state index in [0.717, 1.165) is 0 Å². The summed E-state index contributed by atoms with van der Waals surface area (Å²) in [4.78, 5) is 0. The van der Waals surface area contributed by atoms with Crippen molar-refractivity contribution < 1.29 is 13.9 Å². The molecule has 0 atom stereocenters. The van der Waals surface area contributed by atoms with Crippen molar-refractivity contribution >= 4 is 0 Å². The summed E-state index contributed by atoms with van der Waals surface area (Å²) in [6.45, 7) is -0.209. The Morgan fingerprint density at radius 2 is 2.00 bits per heavy atom. The van der Waals surface area contributed by atoms with E-state index in [1.807, 2.05) is 0 Å². The molecule has 1 rings (SSSR count). The first kappa shape index (κ1) is 7.88. The molecular weight excluding hydrogens is 140 g/mol. The fourth-order valence-corrected chi connectivity index (χ4v) is 1.31. The second kappa shape index (κ2) is 2.13. The van der Waals surface area contributed by atoms with Crippen LogP contribution in [0.2, 0.25) is 0 Å². The van der Waals surface area contributed by atoms with Gasteiger partial charge in [-0.25, -0.2) is 8.78 Å². The van der Waals surface area contributed by atoms with Crippen molar-refractivity contribution in [1.82, 2.24) is 5.32 Å². The van der Waals surface area contributed by atoms with Crippen molar-refractivity contribution in [3.8, 4) is 0 Å². The van der Waals surface area contributed by atoms with Crippen LogP contribution in [0, 0.1) is 0 Å². The van der Waals surface area contributed by atoms with Crippen LogP contribution in [-0.2, 0) is 0 Å². The maximum atomic E-state index is 12.3. The minimum Gasteiger partial charge on any atom is -0.394 e. The maximum Gasteiger partial charge on any atom is 0.251 e. The number of hydrogen-bond acceptors (Lipinski definition) is 2. The van der Waals surface area contributed by atoms with E-state index < -0.39 is 11.5 Å². The lowest BCUT2D eigenvalue weighted by Crippen LogP contribution is -2.61. The van der Waals surface area contributed by atoms with Gasteiger partial charge >= 0.3 is 0 Å². The molecule has 1 aliphatic rings. The average molecular weight is 151 g/mol. The van der Waals surface area contributed by atoms with Gasteiger partial charge < -0.3 is 10.4 Å². The Labute approximate surface area is 58.2 Å². The minimum atomic E-state index is -2.56. The Balaban J connectivity index is 2.46. The second-order valence-electron chi connectivity index (χ2n) is 2.90. The van der Waals surface area contributed by atoms with Crippen LogP contribution in [0.5, 0.6) is 0 Å². The number of hydrogen-bond donors (Lipinski definition) is 2. The molecule has 0 radical (unpaired) electrons. The summed E-state index contributed by atoms with van der Waals surface area (Å²) in [5.41, 5.74) is -0.705. The van der Waals surface area contributed by atoms with Gasteiger partial charge in [-0.15, -0.1) is 0 Å². The molecule has 0 heterocycles. The summed E-state index contributed by atoms with van der Waals surface area (Å²) in [5.74, 6) is -2.56. The summed E-state index contributed by atoms with van der Waals surface area (Å²) in [7, 11) is 1.59. The summed E-state index contributed by atoms with van der Waals surface area (Å²) in [6.07, 6.45) is -0.486. The highest BCUT2D eigenvalue weighted by molar-refractivity contribution is 5.04. The third-order valence-corrected chi connectivity index (χ3v) is 2.03. The van der Waals surface area contributed by atoms with Crippen molar-refractivity contribution in [3.05, 3.63) is 0 Å². The highest BCUT2D eigenvalue weighted by Crippen LogP contribution is 2.44. The summed E-state index contributed by atoms with van der Waals surface area (Å²) in [6, 6.07) is 0. The van der Waals surface area contributed by atoms with Crippen molar-refractivity contribution in [2.75, 3.05) is 13.7 Å². The summed E-state index contributed by atoms with van der Waals surface area (Å²) in [5, 5.41) is 11.4. The molecule has 0 aromatic rings. The lowest BCUT2D eigenvalue weighted by molar-refractivity contribution is -0.144. The van der Waals surface area contributed by atoms with Gasteiger partial charge in [0.15, 0.2) is 0 Å². The van der Waals surface area contributed by atoms with E-state index >= 15 is 0 Å². The number of rotatable bonds is 2. The van der Waals surface area contributed by atoms with E-state index in [1.165, 1.54) is 0 Å². The number of halogens is 2. The zero-order valence-corrected chi connectivity index (χ0v) is 5.82. The number of alkyl halides is 2. The van der Waals surface area contributed by atoms with Gasteiger partial charge in [0.25, 0.3) is 5.92 Å². The zero-order chi connectivity index (χ0) is 7.83. The van der Waals surface area contributed by atoms with Gasteiger partial charge in [0.2, 0.25) is 0 Å². The van der Waals surface area contributed by atoms with Gasteiger partial charge in [-0.05, 0) is 7.05 Å². The monoisotopic (exact) mass is 151 g/mol. The fourth-order valence-electron chi connectivity index (χ4n) is 1.31. The van der Waals surface area contributed by atoms with Crippen LogP contribution in [0.15, 0.2) is 0 Å². The SMILES string of the molecule is CNC1(CO)CC(F)(F)C1. The molecule has 0 bridgehead atoms. The van der Waals surface area contributed by atoms with E-state index in [2.05, 4.69) is 5.32 Å². The predicted molar refractivity (Wildman–Crippen MR) is 33.1 cm³/mol. The maximum absolute atomic E-state index is 12.3. The molecule has 1 aliphatic carbocycles. The van der Waals surface area contributed by atoms with E-state index in [9.17, 15) is 8.78 Å². The average Bonchev–Trinajstić information content (AvgIpc) is 1.82. The van der Waals surface area contributed by atoms with Crippen LogP contribution in [0.1, 0.15) is 12.8 Å². The molecule has 0 unspecified atom stereocenters. The lowest BCUT2D eigenvalue weighted by Gasteiger charge is -2.45. The van der Waals surface area contributed by atoms with Crippen molar-refractivity contribution in [2.45, 2.75) is 24.3 Å². The molecule has 0 amide bonds. The standard InChI is InChI=1S/C6H11F2NO/c1-9-5(4-10)2-6(7,8)3-5/h9-10H,2-4H2,1H3. The molecule has 1 saturated carbocycles. The molecule has 0 aliphatic heterocycles. The van der Waals surface area contributed by atoms with Crippen LogP contribution in [0.3, 0.4) is 0 Å². The largest absolute Gasteiger partial charge is 0.394 e. The Bertz CT molecular complexity index is 124. The molecule has 0 aromatic carbocycles. The third kappa shape index (κ3) is 1.13. The first-order chi connectivity index (χ1) is 4.54. The van der Waals surface area contributed by atoms with Gasteiger partial charge in [-0.2, -0.15) is 0 Å². The van der Waals surface area contributed by atoms with Crippen LogP contribution in [0.25, 0.3) is 0 Å². The highest BCUT2D eigenvalue weighted by atomic mass is 19.3. The van der Waals surface area contributed by atoms with Gasteiger partial charge in [-0.1, -0.05) is 0 Å². The van der Waals surface area contributed by atoms with Gasteiger partial charge in [-0.3, -0.25) is 0 Å². The van der Waals surface area contributed by atoms with E-state index in [4.69, 9.17) is 5.11 Å². The lowest BCUT2D eigenvalue weighted by atomic mass is 9.74. The Morgan fingerprint density at radius 1 is 1.50 bits per heavy atom. The van der Waals surface area contributed by atoms with Crippen LogP contribution in [-0.4, -0.2) is 30.2 Å². The molecule has 2 nitrogen and oxygen atoms in total. The van der Waals surface area contributed by atoms with Crippen molar-refractivity contribution in [3.63, 3.8) is 0 Å². The van der Waals surface area contributed by atoms with Gasteiger partial charge in [0.05, 0.1) is 12.1 Å². The van der Waals surface area contributed by atoms with E-state index in [0.29, 0.717) is 0 Å². The minimum absolute atomic E-state index is 0.209. The molecule has 0 aromatic heterocycles. The van der Waals surface area contributed by atoms with Crippen LogP contribution < -0.4 is 5.32 Å². The molecular formula is C6H11F2NO. The normalized spacial score (nSPS) is 27.6. The van der Waals surface area contributed by atoms with Crippen molar-refractivity contribution in [1.29, 1.82) is 0 Å². The van der Waals surface area contributed by atoms with E-state index in [1.54, 1.807) is 7.05 Å². The van der Waals surface area contributed by atoms with E-state index in [-0.39, 0.29) is 19.4 Å².